The van der Waals surface area contributed by atoms with Crippen molar-refractivity contribution in [1.29, 1.82) is 0 Å². The van der Waals surface area contributed by atoms with Crippen molar-refractivity contribution < 1.29 is 8.83 Å². The number of hydrogen-bond acceptors (Lipinski definition) is 2. The summed E-state index contributed by atoms with van der Waals surface area (Å²) >= 11 is 0. The largest absolute Gasteiger partial charge is 0.456 e. The zero-order valence-electron chi connectivity index (χ0n) is 32.9. The second-order valence-electron chi connectivity index (χ2n) is 15.9. The molecule has 3 heteroatoms. The molecule has 0 saturated heterocycles. The maximum absolute atomic E-state index is 6.77. The van der Waals surface area contributed by atoms with E-state index in [1.54, 1.807) is 0 Å². The Morgan fingerprint density at radius 3 is 1.88 bits per heavy atom. The molecule has 1 atom stereocenters. The number of aromatic nitrogens is 1. The van der Waals surface area contributed by atoms with Gasteiger partial charge in [-0.1, -0.05) is 170 Å². The molecule has 0 N–H and O–H groups in total. The van der Waals surface area contributed by atoms with Crippen LogP contribution in [0.1, 0.15) is 29.0 Å². The predicted octanol–water partition coefficient (Wildman–Crippen LogP) is 15.7. The molecule has 0 amide bonds. The Labute approximate surface area is 347 Å². The first-order valence-electron chi connectivity index (χ1n) is 20.8. The van der Waals surface area contributed by atoms with Crippen molar-refractivity contribution in [1.82, 2.24) is 4.57 Å². The van der Waals surface area contributed by atoms with E-state index in [0.29, 0.717) is 0 Å². The lowest BCUT2D eigenvalue weighted by molar-refractivity contribution is 0.669. The number of fused-ring (bicyclic) bond motifs is 9. The third-order valence-electron chi connectivity index (χ3n) is 12.5. The van der Waals surface area contributed by atoms with Crippen LogP contribution in [0.2, 0.25) is 0 Å². The Morgan fingerprint density at radius 2 is 1.07 bits per heavy atom. The van der Waals surface area contributed by atoms with E-state index < -0.39 is 0 Å². The summed E-state index contributed by atoms with van der Waals surface area (Å²) in [5, 5.41) is 6.78. The monoisotopic (exact) mass is 769 g/mol. The number of furan rings is 2. The van der Waals surface area contributed by atoms with Gasteiger partial charge in [0.2, 0.25) is 0 Å². The summed E-state index contributed by atoms with van der Waals surface area (Å²) in [6.45, 7) is 0. The molecule has 12 aromatic rings. The van der Waals surface area contributed by atoms with Crippen LogP contribution in [-0.4, -0.2) is 4.57 Å². The van der Waals surface area contributed by atoms with Crippen LogP contribution < -0.4 is 0 Å². The Morgan fingerprint density at radius 1 is 0.417 bits per heavy atom. The van der Waals surface area contributed by atoms with E-state index in [1.165, 1.54) is 38.6 Å². The summed E-state index contributed by atoms with van der Waals surface area (Å²) in [6.07, 6.45) is 1.96. The molecular weight excluding hydrogens is 731 g/mol. The summed E-state index contributed by atoms with van der Waals surface area (Å²) in [6, 6.07) is 74.3. The van der Waals surface area contributed by atoms with Gasteiger partial charge < -0.3 is 13.4 Å². The zero-order valence-corrected chi connectivity index (χ0v) is 32.9. The quantitative estimate of drug-likeness (QED) is 0.154. The number of hydrogen-bond donors (Lipinski definition) is 0. The Balaban J connectivity index is 1.09. The van der Waals surface area contributed by atoms with Crippen molar-refractivity contribution in [3.63, 3.8) is 0 Å². The molecule has 0 saturated carbocycles. The highest BCUT2D eigenvalue weighted by Gasteiger charge is 2.25. The number of para-hydroxylation sites is 4. The molecule has 0 aliphatic heterocycles. The number of benzene rings is 9. The van der Waals surface area contributed by atoms with Crippen LogP contribution in [0.25, 0.3) is 93.6 Å². The predicted molar refractivity (Wildman–Crippen MR) is 249 cm³/mol. The lowest BCUT2D eigenvalue weighted by Gasteiger charge is -2.20. The summed E-state index contributed by atoms with van der Waals surface area (Å²) < 4.78 is 16.0. The van der Waals surface area contributed by atoms with Gasteiger partial charge in [0, 0.05) is 61.1 Å². The maximum Gasteiger partial charge on any atom is 0.143 e. The average Bonchev–Trinajstić information content (AvgIpc) is 3.99. The van der Waals surface area contributed by atoms with Gasteiger partial charge in [0.15, 0.2) is 0 Å². The third-order valence-corrected chi connectivity index (χ3v) is 12.5. The number of aryl methyl sites for hydroxylation is 1. The molecule has 0 bridgehead atoms. The minimum atomic E-state index is 0.186. The first-order chi connectivity index (χ1) is 29.8. The molecule has 12 rings (SSSR count). The van der Waals surface area contributed by atoms with E-state index >= 15 is 0 Å². The van der Waals surface area contributed by atoms with Gasteiger partial charge in [-0.05, 0) is 71.0 Å². The van der Waals surface area contributed by atoms with Gasteiger partial charge in [-0.25, -0.2) is 0 Å². The molecule has 0 spiro atoms. The second kappa shape index (κ2) is 14.0. The maximum atomic E-state index is 6.77. The number of rotatable bonds is 8. The average molecular weight is 770 g/mol. The van der Waals surface area contributed by atoms with Crippen molar-refractivity contribution in [2.75, 3.05) is 0 Å². The molecule has 0 aliphatic carbocycles. The van der Waals surface area contributed by atoms with E-state index in [1.807, 2.05) is 6.07 Å². The first-order valence-corrected chi connectivity index (χ1v) is 20.8. The van der Waals surface area contributed by atoms with E-state index in [0.717, 1.165) is 84.6 Å². The molecule has 1 unspecified atom stereocenters. The summed E-state index contributed by atoms with van der Waals surface area (Å²) in [5.41, 5.74) is 15.5. The van der Waals surface area contributed by atoms with E-state index in [4.69, 9.17) is 8.83 Å². The molecule has 0 aliphatic rings. The van der Waals surface area contributed by atoms with Crippen LogP contribution in [-0.2, 0) is 6.42 Å². The standard InChI is InChI=1S/C57H39NO2/c1-3-15-37(16-4-1)29-34-43(40-32-30-39(31-33-40)38-17-5-2-6-18-38)41-19-13-20-42(35-41)58-49-26-10-7-22-46(49)54-50(58)36-53-55(47-23-9-12-28-52(47)59-53)56(54)48-25-14-24-45-44-21-8-11-27-51(44)60-57(45)48/h1-28,30-33,35-36,43H,29,34H2. The zero-order chi connectivity index (χ0) is 39.6. The van der Waals surface area contributed by atoms with Crippen LogP contribution in [0.5, 0.6) is 0 Å². The first kappa shape index (κ1) is 34.4. The Bertz CT molecular complexity index is 3530. The topological polar surface area (TPSA) is 31.2 Å². The molecule has 3 heterocycles. The van der Waals surface area contributed by atoms with Gasteiger partial charge in [-0.3, -0.25) is 0 Å². The van der Waals surface area contributed by atoms with Crippen LogP contribution in [0.4, 0.5) is 0 Å². The van der Waals surface area contributed by atoms with Crippen molar-refractivity contribution in [3.8, 4) is 27.9 Å². The van der Waals surface area contributed by atoms with Gasteiger partial charge in [0.05, 0.1) is 11.0 Å². The summed E-state index contributed by atoms with van der Waals surface area (Å²) in [7, 11) is 0. The Hall–Kier alpha value is -7.62. The van der Waals surface area contributed by atoms with Crippen molar-refractivity contribution >= 4 is 65.7 Å². The highest BCUT2D eigenvalue weighted by molar-refractivity contribution is 6.29. The van der Waals surface area contributed by atoms with Crippen LogP contribution in [0.3, 0.4) is 0 Å². The van der Waals surface area contributed by atoms with Crippen LogP contribution >= 0.6 is 0 Å². The lowest BCUT2D eigenvalue weighted by Crippen LogP contribution is -2.05. The fourth-order valence-electron chi connectivity index (χ4n) is 9.72. The number of nitrogens with zero attached hydrogens (tertiary/aromatic N) is 1. The second-order valence-corrected chi connectivity index (χ2v) is 15.9. The molecule has 9 aromatic carbocycles. The van der Waals surface area contributed by atoms with E-state index in [9.17, 15) is 0 Å². The van der Waals surface area contributed by atoms with Crippen LogP contribution in [0.15, 0.2) is 215 Å². The van der Waals surface area contributed by atoms with E-state index in [-0.39, 0.29) is 5.92 Å². The fraction of sp³-hybridized carbons (Fsp3) is 0.0526. The molecule has 60 heavy (non-hydrogen) atoms. The summed E-state index contributed by atoms with van der Waals surface area (Å²) in [5.74, 6) is 0.186. The highest BCUT2D eigenvalue weighted by atomic mass is 16.3. The normalized spacial score (nSPS) is 12.4. The van der Waals surface area contributed by atoms with Crippen molar-refractivity contribution in [3.05, 3.63) is 223 Å². The van der Waals surface area contributed by atoms with Gasteiger partial charge in [-0.15, -0.1) is 0 Å². The molecule has 3 aromatic heterocycles. The minimum absolute atomic E-state index is 0.186. The van der Waals surface area contributed by atoms with Gasteiger partial charge in [0.25, 0.3) is 0 Å². The molecule has 0 radical (unpaired) electrons. The van der Waals surface area contributed by atoms with Crippen molar-refractivity contribution in [2.45, 2.75) is 18.8 Å². The molecular formula is C57H39NO2. The SMILES string of the molecule is c1ccc(CCC(c2ccc(-c3ccccc3)cc2)c2cccc(-n3c4ccccc4c4c(-c5cccc6c5oc5ccccc56)c5c(cc43)oc3ccccc35)c2)cc1. The minimum Gasteiger partial charge on any atom is -0.456 e. The summed E-state index contributed by atoms with van der Waals surface area (Å²) in [4.78, 5) is 0. The van der Waals surface area contributed by atoms with Gasteiger partial charge in [-0.2, -0.15) is 0 Å². The van der Waals surface area contributed by atoms with Gasteiger partial charge >= 0.3 is 0 Å². The molecule has 0 fully saturated rings. The van der Waals surface area contributed by atoms with Gasteiger partial charge in [0.1, 0.15) is 22.3 Å². The smallest absolute Gasteiger partial charge is 0.143 e. The third kappa shape index (κ3) is 5.58. The van der Waals surface area contributed by atoms with Crippen molar-refractivity contribution in [2.24, 2.45) is 0 Å². The lowest BCUT2D eigenvalue weighted by atomic mass is 9.85. The Kier molecular flexibility index (Phi) is 8.05. The molecule has 284 valence electrons. The fourth-order valence-corrected chi connectivity index (χ4v) is 9.72. The highest BCUT2D eigenvalue weighted by Crippen LogP contribution is 2.49. The van der Waals surface area contributed by atoms with E-state index in [2.05, 4.69) is 205 Å². The molecule has 3 nitrogen and oxygen atoms in total. The van der Waals surface area contributed by atoms with Crippen LogP contribution in [0, 0.1) is 0 Å².